The summed E-state index contributed by atoms with van der Waals surface area (Å²) in [6, 6.07) is 25.0. The second-order valence-electron chi connectivity index (χ2n) is 11.6. The molecule has 4 rings (SSSR count). The Labute approximate surface area is 260 Å². The van der Waals surface area contributed by atoms with E-state index in [0.717, 1.165) is 42.4 Å². The van der Waals surface area contributed by atoms with E-state index in [-0.39, 0.29) is 25.2 Å². The molecule has 228 valence electrons. The molecule has 1 aliphatic rings. The van der Waals surface area contributed by atoms with Crippen LogP contribution in [0.15, 0.2) is 83.9 Å². The Bertz CT molecular complexity index is 1510. The summed E-state index contributed by atoms with van der Waals surface area (Å²) in [6.07, 6.45) is 5.69. The first-order valence-electron chi connectivity index (χ1n) is 14.9. The van der Waals surface area contributed by atoms with Gasteiger partial charge in [0.05, 0.1) is 32.2 Å². The Morgan fingerprint density at radius 1 is 1.02 bits per heavy atom. The van der Waals surface area contributed by atoms with Gasteiger partial charge in [-0.15, -0.1) is 0 Å². The maximum Gasteiger partial charge on any atom is 0.417 e. The molecular formula is C36H40N4O4. The molecule has 1 saturated carbocycles. The van der Waals surface area contributed by atoms with Crippen LogP contribution >= 0.6 is 0 Å². The molecule has 3 aromatic carbocycles. The Hall–Kier alpha value is -4.95. The normalized spacial score (nSPS) is 14.0. The summed E-state index contributed by atoms with van der Waals surface area (Å²) in [6.45, 7) is 5.71. The van der Waals surface area contributed by atoms with Crippen molar-refractivity contribution in [1.29, 1.82) is 5.26 Å². The van der Waals surface area contributed by atoms with Gasteiger partial charge in [0.15, 0.2) is 17.7 Å². The van der Waals surface area contributed by atoms with Crippen molar-refractivity contribution in [3.05, 3.63) is 95.6 Å². The molecule has 0 radical (unpaired) electrons. The number of methoxy groups -OCH3 is 1. The number of hydrogen-bond donors (Lipinski definition) is 1. The van der Waals surface area contributed by atoms with Gasteiger partial charge < -0.3 is 14.2 Å². The molecule has 8 heteroatoms. The fourth-order valence-electron chi connectivity index (χ4n) is 4.85. The Morgan fingerprint density at radius 2 is 1.70 bits per heavy atom. The number of rotatable bonds is 8. The molecule has 3 aromatic rings. The third kappa shape index (κ3) is 9.54. The fourth-order valence-corrected chi connectivity index (χ4v) is 4.85. The second kappa shape index (κ2) is 15.5. The minimum Gasteiger partial charge on any atom is -0.493 e. The number of ether oxygens (including phenoxy) is 3. The Morgan fingerprint density at radius 3 is 2.34 bits per heavy atom. The zero-order valence-electron chi connectivity index (χ0n) is 25.9. The molecule has 1 amide bonds. The Balaban J connectivity index is 1.76. The van der Waals surface area contributed by atoms with Gasteiger partial charge in [-0.25, -0.2) is 14.7 Å². The number of guanidine groups is 1. The van der Waals surface area contributed by atoms with Gasteiger partial charge in [0.25, 0.3) is 0 Å². The van der Waals surface area contributed by atoms with Gasteiger partial charge in [-0.1, -0.05) is 66.4 Å². The molecule has 44 heavy (non-hydrogen) atoms. The van der Waals surface area contributed by atoms with E-state index in [4.69, 9.17) is 14.2 Å². The average Bonchev–Trinajstić information content (AvgIpc) is 3.53. The number of benzene rings is 3. The van der Waals surface area contributed by atoms with Crippen molar-refractivity contribution in [3.8, 4) is 29.5 Å². The first-order valence-corrected chi connectivity index (χ1v) is 14.9. The van der Waals surface area contributed by atoms with Crippen LogP contribution in [0.2, 0.25) is 0 Å². The summed E-state index contributed by atoms with van der Waals surface area (Å²) in [5.74, 6) is 7.48. The highest BCUT2D eigenvalue weighted by Gasteiger charge is 2.29. The van der Waals surface area contributed by atoms with Crippen molar-refractivity contribution in [2.45, 2.75) is 70.6 Å². The molecule has 8 nitrogen and oxygen atoms in total. The first kappa shape index (κ1) is 32.0. The number of aliphatic imine (C=N–C) groups is 1. The van der Waals surface area contributed by atoms with Crippen LogP contribution in [0.5, 0.6) is 11.5 Å². The van der Waals surface area contributed by atoms with Gasteiger partial charge >= 0.3 is 6.09 Å². The highest BCUT2D eigenvalue weighted by Crippen LogP contribution is 2.34. The molecular weight excluding hydrogens is 552 g/mol. The molecule has 1 unspecified atom stereocenters. The van der Waals surface area contributed by atoms with Gasteiger partial charge in [0.1, 0.15) is 5.60 Å². The van der Waals surface area contributed by atoms with E-state index in [0.29, 0.717) is 11.5 Å². The fraction of sp³-hybridized carbons (Fsp3) is 0.361. The van der Waals surface area contributed by atoms with Crippen LogP contribution in [0.25, 0.3) is 0 Å². The smallest absolute Gasteiger partial charge is 0.417 e. The van der Waals surface area contributed by atoms with Gasteiger partial charge in [-0.3, -0.25) is 5.32 Å². The third-order valence-corrected chi connectivity index (χ3v) is 7.01. The maximum atomic E-state index is 13.7. The lowest BCUT2D eigenvalue weighted by Crippen LogP contribution is -2.47. The van der Waals surface area contributed by atoms with Crippen LogP contribution in [-0.2, 0) is 11.3 Å². The van der Waals surface area contributed by atoms with E-state index < -0.39 is 17.6 Å². The Kier molecular flexibility index (Phi) is 11.3. The molecule has 1 N–H and O–H groups in total. The molecule has 0 heterocycles. The van der Waals surface area contributed by atoms with Gasteiger partial charge in [-0.2, -0.15) is 5.26 Å². The molecule has 1 aliphatic carbocycles. The van der Waals surface area contributed by atoms with E-state index in [1.54, 1.807) is 27.9 Å². The molecule has 0 spiro atoms. The second-order valence-corrected chi connectivity index (χ2v) is 11.6. The summed E-state index contributed by atoms with van der Waals surface area (Å²) in [5, 5.41) is 12.3. The summed E-state index contributed by atoms with van der Waals surface area (Å²) in [7, 11) is 1.62. The molecule has 0 aromatic heterocycles. The quantitative estimate of drug-likeness (QED) is 0.0993. The molecule has 1 atom stereocenters. The van der Waals surface area contributed by atoms with Gasteiger partial charge in [0.2, 0.25) is 5.96 Å². The van der Waals surface area contributed by atoms with Crippen molar-refractivity contribution in [2.24, 2.45) is 4.99 Å². The summed E-state index contributed by atoms with van der Waals surface area (Å²) < 4.78 is 17.8. The van der Waals surface area contributed by atoms with E-state index in [2.05, 4.69) is 22.2 Å². The minimum atomic E-state index is -0.778. The van der Waals surface area contributed by atoms with Crippen LogP contribution in [0.4, 0.5) is 4.79 Å². The molecule has 0 saturated heterocycles. The van der Waals surface area contributed by atoms with Crippen LogP contribution < -0.4 is 14.8 Å². The minimum absolute atomic E-state index is 0.0618. The predicted molar refractivity (Wildman–Crippen MR) is 171 cm³/mol. The number of nitriles is 1. The highest BCUT2D eigenvalue weighted by molar-refractivity contribution is 5.95. The van der Waals surface area contributed by atoms with Crippen LogP contribution in [0.3, 0.4) is 0 Å². The van der Waals surface area contributed by atoms with Crippen molar-refractivity contribution < 1.29 is 19.0 Å². The SMILES string of the molecule is COc1ccc(C(C#Cc2ccccc2)CN(C(=O)OC(C)(C)C)C(=NCc2ccccc2)NC#N)cc1OC1CCCC1. The molecule has 0 bridgehead atoms. The summed E-state index contributed by atoms with van der Waals surface area (Å²) in [5.41, 5.74) is 1.82. The summed E-state index contributed by atoms with van der Waals surface area (Å²) in [4.78, 5) is 19.7. The number of amides is 1. The number of carbonyl (C=O) groups excluding carboxylic acids is 1. The maximum absolute atomic E-state index is 13.7. The predicted octanol–water partition coefficient (Wildman–Crippen LogP) is 7.02. The third-order valence-electron chi connectivity index (χ3n) is 7.01. The van der Waals surface area contributed by atoms with E-state index in [9.17, 15) is 10.1 Å². The van der Waals surface area contributed by atoms with Crippen molar-refractivity contribution in [3.63, 3.8) is 0 Å². The van der Waals surface area contributed by atoms with Gasteiger partial charge in [0, 0.05) is 5.56 Å². The lowest BCUT2D eigenvalue weighted by molar-refractivity contribution is 0.0362. The molecule has 1 fully saturated rings. The highest BCUT2D eigenvalue weighted by atomic mass is 16.6. The van der Waals surface area contributed by atoms with Crippen LogP contribution in [0, 0.1) is 23.3 Å². The summed E-state index contributed by atoms with van der Waals surface area (Å²) >= 11 is 0. The standard InChI is InChI=1S/C36H40N4O4/c1-36(2,3)44-35(41)40(34(39-26-37)38-24-28-15-9-6-10-16-28)25-30(20-19-27-13-7-5-8-14-27)29-21-22-32(42-4)33(23-29)43-31-17-11-12-18-31/h5-10,13-16,21-23,30-31H,11-12,17-18,24-25H2,1-4H3,(H,38,39). The van der Waals surface area contributed by atoms with Crippen molar-refractivity contribution >= 4 is 12.1 Å². The first-order chi connectivity index (χ1) is 21.3. The van der Waals surface area contributed by atoms with E-state index in [1.165, 1.54) is 4.90 Å². The lowest BCUT2D eigenvalue weighted by Gasteiger charge is -2.29. The van der Waals surface area contributed by atoms with Crippen LogP contribution in [0.1, 0.15) is 69.1 Å². The van der Waals surface area contributed by atoms with Crippen molar-refractivity contribution in [2.75, 3.05) is 13.7 Å². The van der Waals surface area contributed by atoms with Gasteiger partial charge in [-0.05, 0) is 81.8 Å². The number of nitrogens with one attached hydrogen (secondary N) is 1. The topological polar surface area (TPSA) is 96.2 Å². The zero-order valence-corrected chi connectivity index (χ0v) is 25.9. The number of nitrogens with zero attached hydrogens (tertiary/aromatic N) is 3. The zero-order chi connectivity index (χ0) is 31.4. The van der Waals surface area contributed by atoms with E-state index >= 15 is 0 Å². The molecule has 0 aliphatic heterocycles. The van der Waals surface area contributed by atoms with Crippen molar-refractivity contribution in [1.82, 2.24) is 10.2 Å². The lowest BCUT2D eigenvalue weighted by atomic mass is 9.97. The van der Waals surface area contributed by atoms with E-state index in [1.807, 2.05) is 85.1 Å². The largest absolute Gasteiger partial charge is 0.493 e. The monoisotopic (exact) mass is 592 g/mol. The van der Waals surface area contributed by atoms with Crippen LogP contribution in [-0.4, -0.2) is 42.3 Å². The number of hydrogen-bond acceptors (Lipinski definition) is 6. The average molecular weight is 593 g/mol. The number of carbonyl (C=O) groups is 1.